The van der Waals surface area contributed by atoms with Crippen LogP contribution in [0.1, 0.15) is 24.8 Å². The SMILES string of the molecule is O=C(O)N1C2CC(OCc3ccccc3)CC1C2. The normalized spacial score (nSPS) is 29.8. The van der Waals surface area contributed by atoms with E-state index in [2.05, 4.69) is 0 Å². The maximum absolute atomic E-state index is 11.0. The van der Waals surface area contributed by atoms with Crippen molar-refractivity contribution in [2.24, 2.45) is 0 Å². The highest BCUT2D eigenvalue weighted by Gasteiger charge is 2.48. The molecule has 1 amide bonds. The second-order valence-electron chi connectivity index (χ2n) is 5.12. The summed E-state index contributed by atoms with van der Waals surface area (Å²) in [6, 6.07) is 10.5. The highest BCUT2D eigenvalue weighted by molar-refractivity contribution is 5.67. The first kappa shape index (κ1) is 11.5. The number of hydrogen-bond donors (Lipinski definition) is 1. The van der Waals surface area contributed by atoms with Gasteiger partial charge in [0.05, 0.1) is 12.7 Å². The highest BCUT2D eigenvalue weighted by atomic mass is 16.5. The van der Waals surface area contributed by atoms with E-state index >= 15 is 0 Å². The molecule has 1 aliphatic carbocycles. The van der Waals surface area contributed by atoms with Gasteiger partial charge in [-0.15, -0.1) is 0 Å². The molecule has 0 spiro atoms. The second-order valence-corrected chi connectivity index (χ2v) is 5.12. The fourth-order valence-electron chi connectivity index (χ4n) is 3.06. The van der Waals surface area contributed by atoms with Crippen LogP contribution in [0.4, 0.5) is 4.79 Å². The number of benzene rings is 1. The van der Waals surface area contributed by atoms with Crippen molar-refractivity contribution in [1.29, 1.82) is 0 Å². The molecule has 0 radical (unpaired) electrons. The third-order valence-corrected chi connectivity index (χ3v) is 3.95. The molecule has 18 heavy (non-hydrogen) atoms. The molecule has 3 fully saturated rings. The third-order valence-electron chi connectivity index (χ3n) is 3.95. The zero-order chi connectivity index (χ0) is 12.5. The van der Waals surface area contributed by atoms with E-state index in [-0.39, 0.29) is 18.2 Å². The number of carbonyl (C=O) groups is 1. The van der Waals surface area contributed by atoms with Crippen LogP contribution in [0.5, 0.6) is 0 Å². The van der Waals surface area contributed by atoms with E-state index in [9.17, 15) is 4.79 Å². The molecule has 2 bridgehead atoms. The van der Waals surface area contributed by atoms with Crippen LogP contribution in [0, 0.1) is 0 Å². The summed E-state index contributed by atoms with van der Waals surface area (Å²) in [6.07, 6.45) is 2.13. The van der Waals surface area contributed by atoms with Crippen LogP contribution in [0.15, 0.2) is 30.3 Å². The van der Waals surface area contributed by atoms with Gasteiger partial charge in [0.2, 0.25) is 0 Å². The third kappa shape index (κ3) is 2.08. The number of amides is 1. The molecule has 1 aromatic carbocycles. The van der Waals surface area contributed by atoms with Crippen LogP contribution in [0.2, 0.25) is 0 Å². The number of nitrogens with zero attached hydrogens (tertiary/aromatic N) is 1. The zero-order valence-corrected chi connectivity index (χ0v) is 10.2. The Morgan fingerprint density at radius 3 is 2.50 bits per heavy atom. The smallest absolute Gasteiger partial charge is 0.407 e. The first-order chi connectivity index (χ1) is 8.74. The monoisotopic (exact) mass is 247 g/mol. The first-order valence-electron chi connectivity index (χ1n) is 6.41. The van der Waals surface area contributed by atoms with E-state index in [4.69, 9.17) is 9.84 Å². The first-order valence-corrected chi connectivity index (χ1v) is 6.41. The van der Waals surface area contributed by atoms with Crippen molar-refractivity contribution in [3.8, 4) is 0 Å². The molecule has 4 rings (SSSR count). The molecule has 1 N–H and O–H groups in total. The Morgan fingerprint density at radius 1 is 1.22 bits per heavy atom. The molecule has 2 saturated heterocycles. The van der Waals surface area contributed by atoms with E-state index in [1.807, 2.05) is 30.3 Å². The van der Waals surface area contributed by atoms with E-state index in [0.29, 0.717) is 6.61 Å². The quantitative estimate of drug-likeness (QED) is 0.892. The van der Waals surface area contributed by atoms with Crippen molar-refractivity contribution in [1.82, 2.24) is 4.90 Å². The van der Waals surface area contributed by atoms with E-state index in [0.717, 1.165) is 19.3 Å². The lowest BCUT2D eigenvalue weighted by molar-refractivity contribution is -0.0935. The van der Waals surface area contributed by atoms with Gasteiger partial charge in [0.15, 0.2) is 0 Å². The van der Waals surface area contributed by atoms with Crippen LogP contribution in [0.3, 0.4) is 0 Å². The molecule has 2 unspecified atom stereocenters. The molecule has 96 valence electrons. The Labute approximate surface area is 106 Å². The Kier molecular flexibility index (Phi) is 2.96. The Balaban J connectivity index is 1.51. The molecule has 4 nitrogen and oxygen atoms in total. The van der Waals surface area contributed by atoms with Crippen LogP contribution >= 0.6 is 0 Å². The number of carboxylic acid groups (broad SMARTS) is 1. The van der Waals surface area contributed by atoms with E-state index < -0.39 is 6.09 Å². The molecule has 1 saturated carbocycles. The summed E-state index contributed by atoms with van der Waals surface area (Å²) in [4.78, 5) is 12.6. The van der Waals surface area contributed by atoms with Gasteiger partial charge in [-0.3, -0.25) is 0 Å². The molecule has 3 aliphatic rings. The van der Waals surface area contributed by atoms with Crippen molar-refractivity contribution in [3.63, 3.8) is 0 Å². The Morgan fingerprint density at radius 2 is 1.89 bits per heavy atom. The van der Waals surface area contributed by atoms with E-state index in [1.54, 1.807) is 4.90 Å². The van der Waals surface area contributed by atoms with Gasteiger partial charge in [0.1, 0.15) is 0 Å². The number of piperidine rings is 1. The maximum atomic E-state index is 11.0. The van der Waals surface area contributed by atoms with Gasteiger partial charge in [0, 0.05) is 12.1 Å². The minimum absolute atomic E-state index is 0.182. The summed E-state index contributed by atoms with van der Waals surface area (Å²) in [6.45, 7) is 0.623. The second kappa shape index (κ2) is 4.61. The van der Waals surface area contributed by atoms with Gasteiger partial charge in [0.25, 0.3) is 0 Å². The van der Waals surface area contributed by atoms with Crippen molar-refractivity contribution in [2.75, 3.05) is 0 Å². The Bertz CT molecular complexity index is 422. The standard InChI is InChI=1S/C14H17NO3/c16-14(17)15-11-6-12(15)8-13(7-11)18-9-10-4-2-1-3-5-10/h1-5,11-13H,6-9H2,(H,16,17). The van der Waals surface area contributed by atoms with Crippen molar-refractivity contribution < 1.29 is 14.6 Å². The topological polar surface area (TPSA) is 49.8 Å². The van der Waals surface area contributed by atoms with Crippen LogP contribution in [0.25, 0.3) is 0 Å². The average molecular weight is 247 g/mol. The molecule has 2 heterocycles. The van der Waals surface area contributed by atoms with Gasteiger partial charge in [-0.05, 0) is 24.8 Å². The van der Waals surface area contributed by atoms with Gasteiger partial charge in [-0.25, -0.2) is 4.79 Å². The summed E-state index contributed by atoms with van der Waals surface area (Å²) < 4.78 is 5.88. The summed E-state index contributed by atoms with van der Waals surface area (Å²) in [5.41, 5.74) is 1.17. The van der Waals surface area contributed by atoms with Gasteiger partial charge in [-0.2, -0.15) is 0 Å². The number of fused-ring (bicyclic) bond motifs is 2. The van der Waals surface area contributed by atoms with Crippen LogP contribution in [-0.4, -0.2) is 34.3 Å². The summed E-state index contributed by atoms with van der Waals surface area (Å²) >= 11 is 0. The van der Waals surface area contributed by atoms with Gasteiger partial charge >= 0.3 is 6.09 Å². The molecule has 2 aliphatic heterocycles. The molecule has 4 heteroatoms. The van der Waals surface area contributed by atoms with Gasteiger partial charge in [-0.1, -0.05) is 30.3 Å². The predicted molar refractivity (Wildman–Crippen MR) is 66.3 cm³/mol. The predicted octanol–water partition coefficient (Wildman–Crippen LogP) is 2.49. The number of ether oxygens (including phenoxy) is 1. The molecule has 1 aromatic rings. The minimum atomic E-state index is -0.780. The maximum Gasteiger partial charge on any atom is 0.407 e. The fourth-order valence-corrected chi connectivity index (χ4v) is 3.06. The summed E-state index contributed by atoms with van der Waals surface area (Å²) in [7, 11) is 0. The molecular formula is C14H17NO3. The average Bonchev–Trinajstić information content (AvgIpc) is 2.37. The lowest BCUT2D eigenvalue weighted by Crippen LogP contribution is -2.63. The van der Waals surface area contributed by atoms with Crippen molar-refractivity contribution >= 4 is 6.09 Å². The summed E-state index contributed by atoms with van der Waals surface area (Å²) in [5.74, 6) is 0. The largest absolute Gasteiger partial charge is 0.465 e. The molecule has 0 aromatic heterocycles. The minimum Gasteiger partial charge on any atom is -0.465 e. The van der Waals surface area contributed by atoms with Crippen molar-refractivity contribution in [3.05, 3.63) is 35.9 Å². The van der Waals surface area contributed by atoms with Crippen molar-refractivity contribution in [2.45, 2.75) is 44.1 Å². The molecular weight excluding hydrogens is 230 g/mol. The fraction of sp³-hybridized carbons (Fsp3) is 0.500. The van der Waals surface area contributed by atoms with Gasteiger partial charge < -0.3 is 14.7 Å². The van der Waals surface area contributed by atoms with Crippen LogP contribution < -0.4 is 0 Å². The lowest BCUT2D eigenvalue weighted by atomic mass is 9.78. The lowest BCUT2D eigenvalue weighted by Gasteiger charge is -2.53. The Hall–Kier alpha value is -1.55. The summed E-state index contributed by atoms with van der Waals surface area (Å²) in [5, 5.41) is 9.02. The van der Waals surface area contributed by atoms with Crippen LogP contribution in [-0.2, 0) is 11.3 Å². The number of hydrogen-bond acceptors (Lipinski definition) is 2. The number of rotatable bonds is 3. The molecule has 2 atom stereocenters. The zero-order valence-electron chi connectivity index (χ0n) is 10.2. The highest BCUT2D eigenvalue weighted by Crippen LogP contribution is 2.39. The van der Waals surface area contributed by atoms with E-state index in [1.165, 1.54) is 5.56 Å².